The number of hydrogen-bond acceptors (Lipinski definition) is 3. The molecule has 5 heteroatoms. The second kappa shape index (κ2) is 4.54. The minimum atomic E-state index is -1.29. The van der Waals surface area contributed by atoms with E-state index in [4.69, 9.17) is 9.84 Å². The number of ether oxygens (including phenoxy) is 1. The van der Waals surface area contributed by atoms with Crippen LogP contribution < -0.4 is 4.74 Å². The Labute approximate surface area is 85.3 Å². The summed E-state index contributed by atoms with van der Waals surface area (Å²) < 4.78 is 18.2. The zero-order valence-electron chi connectivity index (χ0n) is 7.99. The van der Waals surface area contributed by atoms with Crippen molar-refractivity contribution in [2.24, 2.45) is 0 Å². The third-order valence-corrected chi connectivity index (χ3v) is 1.73. The van der Waals surface area contributed by atoms with Crippen LogP contribution in [0, 0.1) is 5.82 Å². The highest BCUT2D eigenvalue weighted by Gasteiger charge is 2.14. The first-order valence-corrected chi connectivity index (χ1v) is 4.25. The number of carbonyl (C=O) groups excluding carboxylic acids is 1. The summed E-state index contributed by atoms with van der Waals surface area (Å²) in [6.07, 6.45) is 0.362. The highest BCUT2D eigenvalue weighted by molar-refractivity contribution is 5.91. The van der Waals surface area contributed by atoms with Gasteiger partial charge in [-0.05, 0) is 19.1 Å². The van der Waals surface area contributed by atoms with Crippen molar-refractivity contribution in [3.05, 3.63) is 29.1 Å². The quantitative estimate of drug-likeness (QED) is 0.772. The van der Waals surface area contributed by atoms with Gasteiger partial charge in [-0.25, -0.2) is 9.18 Å². The minimum Gasteiger partial charge on any atom is -0.490 e. The molecule has 0 heterocycles. The molecule has 0 atom stereocenters. The summed E-state index contributed by atoms with van der Waals surface area (Å²) in [5.41, 5.74) is -0.382. The van der Waals surface area contributed by atoms with Gasteiger partial charge >= 0.3 is 5.97 Å². The summed E-state index contributed by atoms with van der Waals surface area (Å²) in [7, 11) is 0. The maximum atomic E-state index is 13.3. The molecule has 4 nitrogen and oxygen atoms in total. The molecule has 0 fully saturated rings. The number of aldehydes is 1. The molecular weight excluding hydrogens is 203 g/mol. The first-order chi connectivity index (χ1) is 7.10. The van der Waals surface area contributed by atoms with E-state index in [2.05, 4.69) is 0 Å². The van der Waals surface area contributed by atoms with Crippen molar-refractivity contribution in [1.82, 2.24) is 0 Å². The Kier molecular flexibility index (Phi) is 3.38. The summed E-state index contributed by atoms with van der Waals surface area (Å²) in [6, 6.07) is 1.89. The van der Waals surface area contributed by atoms with Gasteiger partial charge in [-0.3, -0.25) is 4.79 Å². The van der Waals surface area contributed by atoms with Crippen molar-refractivity contribution in [2.75, 3.05) is 6.61 Å². The number of carboxylic acids is 1. The molecule has 0 aliphatic rings. The molecule has 0 amide bonds. The van der Waals surface area contributed by atoms with Gasteiger partial charge in [-0.15, -0.1) is 0 Å². The van der Waals surface area contributed by atoms with E-state index >= 15 is 0 Å². The van der Waals surface area contributed by atoms with E-state index in [0.717, 1.165) is 12.1 Å². The van der Waals surface area contributed by atoms with Crippen LogP contribution in [-0.4, -0.2) is 24.0 Å². The van der Waals surface area contributed by atoms with Gasteiger partial charge in [0.1, 0.15) is 0 Å². The molecule has 0 saturated carbocycles. The predicted molar refractivity (Wildman–Crippen MR) is 49.9 cm³/mol. The fraction of sp³-hybridized carbons (Fsp3) is 0.200. The van der Waals surface area contributed by atoms with Gasteiger partial charge in [0.2, 0.25) is 0 Å². The Morgan fingerprint density at radius 2 is 2.27 bits per heavy atom. The molecule has 0 radical (unpaired) electrons. The van der Waals surface area contributed by atoms with Crippen molar-refractivity contribution in [3.63, 3.8) is 0 Å². The summed E-state index contributed by atoms with van der Waals surface area (Å²) in [5.74, 6) is -2.35. The van der Waals surface area contributed by atoms with Crippen LogP contribution in [0.4, 0.5) is 4.39 Å². The van der Waals surface area contributed by atoms with Gasteiger partial charge in [0, 0.05) is 0 Å². The Morgan fingerprint density at radius 3 is 2.73 bits per heavy atom. The molecule has 80 valence electrons. The Balaban J connectivity index is 3.30. The van der Waals surface area contributed by atoms with Gasteiger partial charge < -0.3 is 9.84 Å². The molecule has 1 aromatic carbocycles. The third-order valence-electron chi connectivity index (χ3n) is 1.73. The average molecular weight is 212 g/mol. The molecular formula is C10H9FO4. The lowest BCUT2D eigenvalue weighted by Crippen LogP contribution is -2.04. The Bertz CT molecular complexity index is 401. The van der Waals surface area contributed by atoms with Crippen LogP contribution in [0.2, 0.25) is 0 Å². The van der Waals surface area contributed by atoms with Gasteiger partial charge in [-0.2, -0.15) is 0 Å². The number of carboxylic acid groups (broad SMARTS) is 1. The molecule has 0 bridgehead atoms. The lowest BCUT2D eigenvalue weighted by Gasteiger charge is -2.07. The first kappa shape index (κ1) is 11.2. The molecule has 0 unspecified atom stereocenters. The number of aromatic carboxylic acids is 1. The Morgan fingerprint density at radius 1 is 1.60 bits per heavy atom. The van der Waals surface area contributed by atoms with E-state index in [1.54, 1.807) is 6.92 Å². The van der Waals surface area contributed by atoms with Crippen molar-refractivity contribution in [1.29, 1.82) is 0 Å². The third kappa shape index (κ3) is 2.31. The van der Waals surface area contributed by atoms with E-state index in [1.165, 1.54) is 0 Å². The van der Waals surface area contributed by atoms with Crippen LogP contribution in [0.3, 0.4) is 0 Å². The Hall–Kier alpha value is -1.91. The largest absolute Gasteiger partial charge is 0.490 e. The topological polar surface area (TPSA) is 63.6 Å². The molecule has 0 spiro atoms. The summed E-state index contributed by atoms with van der Waals surface area (Å²) in [4.78, 5) is 21.2. The van der Waals surface area contributed by atoms with Crippen molar-refractivity contribution in [3.8, 4) is 5.75 Å². The molecule has 1 aromatic rings. The van der Waals surface area contributed by atoms with E-state index in [9.17, 15) is 14.0 Å². The standard InChI is InChI=1S/C10H9FO4/c1-2-15-9-7(5-12)3-6(10(13)14)4-8(9)11/h3-5H,2H2,1H3,(H,13,14). The lowest BCUT2D eigenvalue weighted by molar-refractivity contribution is 0.0696. The fourth-order valence-corrected chi connectivity index (χ4v) is 1.12. The fourth-order valence-electron chi connectivity index (χ4n) is 1.12. The zero-order chi connectivity index (χ0) is 11.4. The molecule has 1 rings (SSSR count). The van der Waals surface area contributed by atoms with Gasteiger partial charge in [0.05, 0.1) is 17.7 Å². The van der Waals surface area contributed by atoms with Crippen LogP contribution in [0.5, 0.6) is 5.75 Å². The second-order valence-corrected chi connectivity index (χ2v) is 2.73. The summed E-state index contributed by atoms with van der Waals surface area (Å²) in [6.45, 7) is 1.84. The number of halogens is 1. The highest BCUT2D eigenvalue weighted by atomic mass is 19.1. The number of carbonyl (C=O) groups is 2. The van der Waals surface area contributed by atoms with E-state index in [-0.39, 0.29) is 23.5 Å². The number of benzene rings is 1. The smallest absolute Gasteiger partial charge is 0.335 e. The number of hydrogen-bond donors (Lipinski definition) is 1. The monoisotopic (exact) mass is 212 g/mol. The maximum absolute atomic E-state index is 13.3. The highest BCUT2D eigenvalue weighted by Crippen LogP contribution is 2.23. The number of rotatable bonds is 4. The minimum absolute atomic E-state index is 0.103. The van der Waals surface area contributed by atoms with Crippen LogP contribution in [0.15, 0.2) is 12.1 Å². The maximum Gasteiger partial charge on any atom is 0.335 e. The van der Waals surface area contributed by atoms with Gasteiger partial charge in [0.15, 0.2) is 17.9 Å². The van der Waals surface area contributed by atoms with Crippen molar-refractivity contribution in [2.45, 2.75) is 6.92 Å². The van der Waals surface area contributed by atoms with Crippen molar-refractivity contribution >= 4 is 12.3 Å². The van der Waals surface area contributed by atoms with Crippen LogP contribution in [0.1, 0.15) is 27.6 Å². The molecule has 1 N–H and O–H groups in total. The SMILES string of the molecule is CCOc1c(F)cc(C(=O)O)cc1C=O. The lowest BCUT2D eigenvalue weighted by atomic mass is 10.1. The first-order valence-electron chi connectivity index (χ1n) is 4.25. The molecule has 0 aromatic heterocycles. The van der Waals surface area contributed by atoms with Crippen molar-refractivity contribution < 1.29 is 23.8 Å². The van der Waals surface area contributed by atoms with E-state index in [1.807, 2.05) is 0 Å². The summed E-state index contributed by atoms with van der Waals surface area (Å²) >= 11 is 0. The average Bonchev–Trinajstić information content (AvgIpc) is 2.20. The summed E-state index contributed by atoms with van der Waals surface area (Å²) in [5, 5.41) is 8.63. The molecule has 0 aliphatic heterocycles. The van der Waals surface area contributed by atoms with Crippen LogP contribution in [0.25, 0.3) is 0 Å². The van der Waals surface area contributed by atoms with Crippen LogP contribution in [-0.2, 0) is 0 Å². The van der Waals surface area contributed by atoms with E-state index < -0.39 is 11.8 Å². The molecule has 0 saturated heterocycles. The van der Waals surface area contributed by atoms with Gasteiger partial charge in [0.25, 0.3) is 0 Å². The normalized spacial score (nSPS) is 9.73. The second-order valence-electron chi connectivity index (χ2n) is 2.73. The molecule has 15 heavy (non-hydrogen) atoms. The van der Waals surface area contributed by atoms with Crippen LogP contribution >= 0.6 is 0 Å². The predicted octanol–water partition coefficient (Wildman–Crippen LogP) is 1.74. The molecule has 0 aliphatic carbocycles. The zero-order valence-corrected chi connectivity index (χ0v) is 7.99. The van der Waals surface area contributed by atoms with Gasteiger partial charge in [-0.1, -0.05) is 0 Å². The van der Waals surface area contributed by atoms with E-state index in [0.29, 0.717) is 6.29 Å².